The molecule has 192 valence electrons. The van der Waals surface area contributed by atoms with Gasteiger partial charge in [-0.15, -0.1) is 0 Å². The van der Waals surface area contributed by atoms with E-state index in [2.05, 4.69) is 11.8 Å². The molecule has 4 rings (SSSR count). The minimum absolute atomic E-state index is 0.0612. The first-order valence-electron chi connectivity index (χ1n) is 12.5. The van der Waals surface area contributed by atoms with Gasteiger partial charge in [0.15, 0.2) is 0 Å². The van der Waals surface area contributed by atoms with Crippen LogP contribution < -0.4 is 9.47 Å². The first-order valence-corrected chi connectivity index (χ1v) is 12.5. The fraction of sp³-hybridized carbons (Fsp3) is 0.429. The molecular weight excluding hydrogens is 460 g/mol. The minimum Gasteiger partial charge on any atom is -0.507 e. The number of nitrogens with zero attached hydrogens (tertiary/aromatic N) is 2. The molecule has 1 N–H and O–H groups in total. The Hall–Kier alpha value is -3.36. The Morgan fingerprint density at radius 3 is 2.47 bits per heavy atom. The van der Waals surface area contributed by atoms with Crippen molar-refractivity contribution in [1.29, 1.82) is 0 Å². The first-order chi connectivity index (χ1) is 17.5. The smallest absolute Gasteiger partial charge is 0.295 e. The largest absolute Gasteiger partial charge is 0.507 e. The summed E-state index contributed by atoms with van der Waals surface area (Å²) in [6, 6.07) is 13.5. The molecule has 2 saturated heterocycles. The number of methoxy groups -OCH3 is 1. The SMILES string of the molecule is CCCCOc1ccc(/C(O)=C2\C(=O)C(=O)N(CCN3CCOCC3)C2c2ccccc2OC)cc1. The van der Waals surface area contributed by atoms with Gasteiger partial charge >= 0.3 is 0 Å². The molecule has 0 bridgehead atoms. The fourth-order valence-corrected chi connectivity index (χ4v) is 4.60. The lowest BCUT2D eigenvalue weighted by atomic mass is 9.94. The van der Waals surface area contributed by atoms with E-state index in [1.165, 1.54) is 0 Å². The highest BCUT2D eigenvalue weighted by atomic mass is 16.5. The third-order valence-electron chi connectivity index (χ3n) is 6.63. The third-order valence-corrected chi connectivity index (χ3v) is 6.63. The number of unbranched alkanes of at least 4 members (excludes halogenated alkanes) is 1. The van der Waals surface area contributed by atoms with Crippen LogP contribution in [-0.4, -0.2) is 79.7 Å². The molecule has 0 aromatic heterocycles. The van der Waals surface area contributed by atoms with Crippen molar-refractivity contribution in [2.75, 3.05) is 53.1 Å². The Morgan fingerprint density at radius 1 is 1.06 bits per heavy atom. The first kappa shape index (κ1) is 25.7. The molecule has 0 aliphatic carbocycles. The molecule has 36 heavy (non-hydrogen) atoms. The molecule has 1 atom stereocenters. The van der Waals surface area contributed by atoms with E-state index in [-0.39, 0.29) is 11.3 Å². The zero-order chi connectivity index (χ0) is 25.5. The number of carbonyl (C=O) groups excluding carboxylic acids is 2. The van der Waals surface area contributed by atoms with Crippen molar-refractivity contribution in [3.05, 3.63) is 65.2 Å². The van der Waals surface area contributed by atoms with Crippen LogP contribution in [0.3, 0.4) is 0 Å². The van der Waals surface area contributed by atoms with Crippen molar-refractivity contribution in [3.8, 4) is 11.5 Å². The number of hydrogen-bond donors (Lipinski definition) is 1. The van der Waals surface area contributed by atoms with Crippen LogP contribution in [0, 0.1) is 0 Å². The number of ketones is 1. The number of benzene rings is 2. The molecule has 2 heterocycles. The normalized spacial score (nSPS) is 20.1. The number of hydrogen-bond acceptors (Lipinski definition) is 7. The Bertz CT molecular complexity index is 1090. The summed E-state index contributed by atoms with van der Waals surface area (Å²) < 4.78 is 16.7. The highest BCUT2D eigenvalue weighted by Gasteiger charge is 2.47. The van der Waals surface area contributed by atoms with Gasteiger partial charge in [-0.25, -0.2) is 0 Å². The van der Waals surface area contributed by atoms with E-state index in [0.29, 0.717) is 55.5 Å². The van der Waals surface area contributed by atoms with Crippen molar-refractivity contribution in [2.24, 2.45) is 0 Å². The Morgan fingerprint density at radius 2 is 1.78 bits per heavy atom. The maximum absolute atomic E-state index is 13.3. The lowest BCUT2D eigenvalue weighted by Crippen LogP contribution is -2.42. The quantitative estimate of drug-likeness (QED) is 0.234. The summed E-state index contributed by atoms with van der Waals surface area (Å²) in [6.07, 6.45) is 1.99. The monoisotopic (exact) mass is 494 g/mol. The number of likely N-dealkylation sites (tertiary alicyclic amines) is 1. The molecule has 2 aromatic rings. The van der Waals surface area contributed by atoms with Crippen LogP contribution in [0.2, 0.25) is 0 Å². The van der Waals surface area contributed by atoms with Gasteiger partial charge in [0.2, 0.25) is 0 Å². The average molecular weight is 495 g/mol. The van der Waals surface area contributed by atoms with Gasteiger partial charge in [-0.3, -0.25) is 14.5 Å². The molecule has 8 heteroatoms. The highest BCUT2D eigenvalue weighted by molar-refractivity contribution is 6.46. The van der Waals surface area contributed by atoms with Gasteiger partial charge in [-0.05, 0) is 36.8 Å². The second-order valence-corrected chi connectivity index (χ2v) is 8.91. The van der Waals surface area contributed by atoms with Gasteiger partial charge in [0.1, 0.15) is 17.3 Å². The molecule has 0 radical (unpaired) electrons. The molecule has 8 nitrogen and oxygen atoms in total. The molecular formula is C28H34N2O6. The maximum Gasteiger partial charge on any atom is 0.295 e. The number of para-hydroxylation sites is 1. The summed E-state index contributed by atoms with van der Waals surface area (Å²) >= 11 is 0. The van der Waals surface area contributed by atoms with E-state index in [1.54, 1.807) is 42.3 Å². The average Bonchev–Trinajstić information content (AvgIpc) is 3.17. The molecule has 2 aliphatic rings. The zero-order valence-electron chi connectivity index (χ0n) is 20.9. The Balaban J connectivity index is 1.69. The summed E-state index contributed by atoms with van der Waals surface area (Å²) in [5.74, 6) is -0.300. The Labute approximate surface area is 212 Å². The van der Waals surface area contributed by atoms with Crippen molar-refractivity contribution in [2.45, 2.75) is 25.8 Å². The predicted octanol–water partition coefficient (Wildman–Crippen LogP) is 3.63. The third kappa shape index (κ3) is 5.55. The molecule has 2 fully saturated rings. The number of carbonyl (C=O) groups is 2. The highest BCUT2D eigenvalue weighted by Crippen LogP contribution is 2.42. The minimum atomic E-state index is -0.761. The van der Waals surface area contributed by atoms with Gasteiger partial charge in [-0.2, -0.15) is 0 Å². The van der Waals surface area contributed by atoms with E-state index < -0.39 is 17.7 Å². The van der Waals surface area contributed by atoms with Crippen molar-refractivity contribution in [1.82, 2.24) is 9.80 Å². The van der Waals surface area contributed by atoms with Crippen molar-refractivity contribution in [3.63, 3.8) is 0 Å². The molecule has 1 amide bonds. The van der Waals surface area contributed by atoms with Crippen LogP contribution in [0.1, 0.15) is 36.9 Å². The van der Waals surface area contributed by atoms with E-state index >= 15 is 0 Å². The number of ether oxygens (including phenoxy) is 3. The van der Waals surface area contributed by atoms with Crippen molar-refractivity contribution >= 4 is 17.4 Å². The van der Waals surface area contributed by atoms with E-state index in [9.17, 15) is 14.7 Å². The molecule has 0 saturated carbocycles. The Kier molecular flexibility index (Phi) is 8.61. The van der Waals surface area contributed by atoms with Crippen LogP contribution in [-0.2, 0) is 14.3 Å². The maximum atomic E-state index is 13.3. The number of amides is 1. The topological polar surface area (TPSA) is 88.5 Å². The van der Waals surface area contributed by atoms with E-state index in [4.69, 9.17) is 14.2 Å². The van der Waals surface area contributed by atoms with Gasteiger partial charge in [-0.1, -0.05) is 31.5 Å². The summed E-state index contributed by atoms with van der Waals surface area (Å²) in [7, 11) is 1.55. The summed E-state index contributed by atoms with van der Waals surface area (Å²) in [5.41, 5.74) is 1.16. The van der Waals surface area contributed by atoms with Gasteiger partial charge in [0.25, 0.3) is 11.7 Å². The van der Waals surface area contributed by atoms with Crippen LogP contribution in [0.4, 0.5) is 0 Å². The lowest BCUT2D eigenvalue weighted by Gasteiger charge is -2.31. The number of morpholine rings is 1. The summed E-state index contributed by atoms with van der Waals surface area (Å²) in [5, 5.41) is 11.3. The number of aliphatic hydroxyl groups is 1. The summed E-state index contributed by atoms with van der Waals surface area (Å²) in [6.45, 7) is 6.49. The van der Waals surface area contributed by atoms with Crippen LogP contribution in [0.25, 0.3) is 5.76 Å². The molecule has 2 aliphatic heterocycles. The second kappa shape index (κ2) is 12.1. The fourth-order valence-electron chi connectivity index (χ4n) is 4.60. The second-order valence-electron chi connectivity index (χ2n) is 8.91. The van der Waals surface area contributed by atoms with Gasteiger partial charge in [0.05, 0.1) is 38.5 Å². The summed E-state index contributed by atoms with van der Waals surface area (Å²) in [4.78, 5) is 30.3. The molecule has 2 aromatic carbocycles. The van der Waals surface area contributed by atoms with Crippen LogP contribution in [0.5, 0.6) is 11.5 Å². The number of Topliss-reactive ketones (excluding diaryl/α,β-unsaturated/α-hetero) is 1. The van der Waals surface area contributed by atoms with Crippen LogP contribution in [0.15, 0.2) is 54.1 Å². The van der Waals surface area contributed by atoms with E-state index in [0.717, 1.165) is 25.9 Å². The lowest BCUT2D eigenvalue weighted by molar-refractivity contribution is -0.140. The zero-order valence-corrected chi connectivity index (χ0v) is 20.9. The van der Waals surface area contributed by atoms with E-state index in [1.807, 2.05) is 18.2 Å². The van der Waals surface area contributed by atoms with Crippen molar-refractivity contribution < 1.29 is 28.9 Å². The number of aliphatic hydroxyl groups excluding tert-OH is 1. The number of rotatable bonds is 10. The van der Waals surface area contributed by atoms with Crippen LogP contribution >= 0.6 is 0 Å². The predicted molar refractivity (Wildman–Crippen MR) is 136 cm³/mol. The standard InChI is InChI=1S/C28H34N2O6/c1-3-4-17-36-21-11-9-20(10-12-21)26(31)24-25(22-7-5-6-8-23(22)34-2)30(28(33)27(24)32)14-13-29-15-18-35-19-16-29/h5-12,25,31H,3-4,13-19H2,1-2H3/b26-24+. The van der Waals surface area contributed by atoms with Gasteiger partial charge < -0.3 is 24.2 Å². The molecule has 1 unspecified atom stereocenters. The van der Waals surface area contributed by atoms with Gasteiger partial charge in [0, 0.05) is 37.3 Å². The molecule has 0 spiro atoms.